The topological polar surface area (TPSA) is 99.6 Å². The predicted octanol–water partition coefficient (Wildman–Crippen LogP) is 4.91. The van der Waals surface area contributed by atoms with Crippen LogP contribution in [0.5, 0.6) is 0 Å². The molecule has 1 saturated heterocycles. The van der Waals surface area contributed by atoms with Crippen molar-refractivity contribution >= 4 is 44.0 Å². The summed E-state index contributed by atoms with van der Waals surface area (Å²) in [5, 5.41) is 12.4. The van der Waals surface area contributed by atoms with Crippen LogP contribution in [0.15, 0.2) is 29.2 Å². The molecular formula is C26H34ClN3O4S2. The van der Waals surface area contributed by atoms with E-state index in [1.165, 1.54) is 23.5 Å². The average Bonchev–Trinajstić information content (AvgIpc) is 3.48. The molecule has 1 aromatic carbocycles. The smallest absolute Gasteiger partial charge is 0.263 e. The third-order valence-corrected chi connectivity index (χ3v) is 11.4. The van der Waals surface area contributed by atoms with Gasteiger partial charge in [0.15, 0.2) is 5.13 Å². The zero-order valence-electron chi connectivity index (χ0n) is 20.9. The Morgan fingerprint density at radius 1 is 1.28 bits per heavy atom. The van der Waals surface area contributed by atoms with E-state index < -0.39 is 16.1 Å². The summed E-state index contributed by atoms with van der Waals surface area (Å²) in [5.74, 6) is -0.219. The van der Waals surface area contributed by atoms with E-state index >= 15 is 0 Å². The zero-order valence-corrected chi connectivity index (χ0v) is 23.3. The molecule has 1 aliphatic heterocycles. The molecule has 0 bridgehead atoms. The van der Waals surface area contributed by atoms with Crippen molar-refractivity contribution in [2.24, 2.45) is 23.2 Å². The normalized spacial score (nSPS) is 31.0. The minimum absolute atomic E-state index is 0.0413. The molecule has 5 rings (SSSR count). The third-order valence-electron chi connectivity index (χ3n) is 8.72. The molecule has 36 heavy (non-hydrogen) atoms. The number of aliphatic hydroxyl groups excluding tert-OH is 1. The van der Waals surface area contributed by atoms with E-state index in [-0.39, 0.29) is 39.9 Å². The fraction of sp³-hybridized carbons (Fsp3) is 0.615. The highest BCUT2D eigenvalue weighted by Crippen LogP contribution is 2.57. The lowest BCUT2D eigenvalue weighted by Crippen LogP contribution is -2.53. The molecule has 2 aromatic rings. The van der Waals surface area contributed by atoms with Crippen LogP contribution in [0, 0.1) is 23.2 Å². The van der Waals surface area contributed by atoms with Gasteiger partial charge in [-0.25, -0.2) is 13.4 Å². The van der Waals surface area contributed by atoms with E-state index in [9.17, 15) is 18.3 Å². The molecule has 0 spiro atoms. The SMILES string of the molecule is CC(C(=O)N1CCCC1)C1CCC2(C)Cc3sc(NS(=O)(=O)c4ccc(Cl)cc4)nc3C(C)C2C1O. The van der Waals surface area contributed by atoms with Crippen LogP contribution in [-0.4, -0.2) is 48.5 Å². The molecule has 0 radical (unpaired) electrons. The van der Waals surface area contributed by atoms with Crippen molar-refractivity contribution in [2.75, 3.05) is 17.8 Å². The summed E-state index contributed by atoms with van der Waals surface area (Å²) in [6.45, 7) is 7.92. The highest BCUT2D eigenvalue weighted by atomic mass is 35.5. The Hall–Kier alpha value is -1.68. The Morgan fingerprint density at radius 2 is 1.94 bits per heavy atom. The van der Waals surface area contributed by atoms with Gasteiger partial charge in [-0.2, -0.15) is 0 Å². The molecule has 1 amide bonds. The molecule has 2 aliphatic carbocycles. The number of hydrogen-bond donors (Lipinski definition) is 2. The van der Waals surface area contributed by atoms with E-state index in [1.807, 2.05) is 11.8 Å². The first-order valence-electron chi connectivity index (χ1n) is 12.7. The van der Waals surface area contributed by atoms with Crippen molar-refractivity contribution in [3.05, 3.63) is 39.9 Å². The molecule has 6 atom stereocenters. The summed E-state index contributed by atoms with van der Waals surface area (Å²) in [6, 6.07) is 6.03. The lowest BCUT2D eigenvalue weighted by molar-refractivity contribution is -0.143. The molecule has 1 saturated carbocycles. The second kappa shape index (κ2) is 9.57. The quantitative estimate of drug-likeness (QED) is 0.550. The Labute approximate surface area is 222 Å². The zero-order chi connectivity index (χ0) is 25.8. The largest absolute Gasteiger partial charge is 0.392 e. The molecule has 3 aliphatic rings. The van der Waals surface area contributed by atoms with E-state index in [2.05, 4.69) is 18.6 Å². The highest BCUT2D eigenvalue weighted by molar-refractivity contribution is 7.93. The van der Waals surface area contributed by atoms with Gasteiger partial charge in [-0.3, -0.25) is 9.52 Å². The van der Waals surface area contributed by atoms with Gasteiger partial charge in [0.05, 0.1) is 16.7 Å². The van der Waals surface area contributed by atoms with Crippen LogP contribution in [0.2, 0.25) is 5.02 Å². The number of fused-ring (bicyclic) bond motifs is 2. The van der Waals surface area contributed by atoms with Gasteiger partial charge in [-0.1, -0.05) is 32.4 Å². The van der Waals surface area contributed by atoms with Crippen molar-refractivity contribution in [2.45, 2.75) is 69.8 Å². The number of thiazole rings is 1. The van der Waals surface area contributed by atoms with Gasteiger partial charge in [0.2, 0.25) is 5.91 Å². The molecule has 2 heterocycles. The molecular weight excluding hydrogens is 518 g/mol. The maximum absolute atomic E-state index is 13.1. The predicted molar refractivity (Wildman–Crippen MR) is 142 cm³/mol. The first kappa shape index (κ1) is 25.9. The van der Waals surface area contributed by atoms with E-state index in [1.54, 1.807) is 12.1 Å². The number of hydrogen-bond acceptors (Lipinski definition) is 6. The van der Waals surface area contributed by atoms with Gasteiger partial charge in [0, 0.05) is 34.8 Å². The summed E-state index contributed by atoms with van der Waals surface area (Å²) >= 11 is 7.28. The number of sulfonamides is 1. The van der Waals surface area contributed by atoms with Crippen LogP contribution in [0.25, 0.3) is 0 Å². The van der Waals surface area contributed by atoms with Crippen molar-refractivity contribution in [1.29, 1.82) is 0 Å². The van der Waals surface area contributed by atoms with E-state index in [4.69, 9.17) is 16.6 Å². The molecule has 2 fully saturated rings. The van der Waals surface area contributed by atoms with Gasteiger partial charge < -0.3 is 10.0 Å². The van der Waals surface area contributed by atoms with Crippen LogP contribution in [0.1, 0.15) is 62.9 Å². The van der Waals surface area contributed by atoms with E-state index in [0.29, 0.717) is 10.2 Å². The number of rotatable bonds is 5. The minimum atomic E-state index is -3.79. The summed E-state index contributed by atoms with van der Waals surface area (Å²) in [7, 11) is -3.79. The van der Waals surface area contributed by atoms with Gasteiger partial charge in [-0.05, 0) is 73.6 Å². The Bertz CT molecular complexity index is 1240. The monoisotopic (exact) mass is 551 g/mol. The Balaban J connectivity index is 1.37. The van der Waals surface area contributed by atoms with Crippen molar-refractivity contribution in [1.82, 2.24) is 9.88 Å². The second-order valence-electron chi connectivity index (χ2n) is 11.0. The number of anilines is 1. The number of carbonyl (C=O) groups is 1. The lowest BCUT2D eigenvalue weighted by Gasteiger charge is -2.53. The van der Waals surface area contributed by atoms with Gasteiger partial charge in [-0.15, -0.1) is 11.3 Å². The van der Waals surface area contributed by atoms with Crippen LogP contribution >= 0.6 is 22.9 Å². The van der Waals surface area contributed by atoms with Gasteiger partial charge in [0.25, 0.3) is 10.0 Å². The summed E-state index contributed by atoms with van der Waals surface area (Å²) in [5.41, 5.74) is 0.729. The first-order chi connectivity index (χ1) is 17.0. The maximum Gasteiger partial charge on any atom is 0.263 e. The number of aliphatic hydroxyl groups is 1. The third kappa shape index (κ3) is 4.57. The van der Waals surface area contributed by atoms with Crippen molar-refractivity contribution < 1.29 is 18.3 Å². The second-order valence-corrected chi connectivity index (χ2v) is 14.2. The van der Waals surface area contributed by atoms with Crippen LogP contribution < -0.4 is 4.72 Å². The standard InChI is InChI=1S/C26H34ClN3O4S2/c1-15(24(32)30-12-4-5-13-30)19-10-11-26(3)14-20-22(16(2)21(26)23(19)31)28-25(35-20)29-36(33,34)18-8-6-17(27)7-9-18/h6-9,15-16,19,21,23,31H,4-5,10-14H2,1-3H3,(H,28,29). The molecule has 1 aromatic heterocycles. The number of amides is 1. The van der Waals surface area contributed by atoms with Gasteiger partial charge in [0.1, 0.15) is 0 Å². The van der Waals surface area contributed by atoms with Crippen LogP contribution in [0.3, 0.4) is 0 Å². The molecule has 196 valence electrons. The first-order valence-corrected chi connectivity index (χ1v) is 15.4. The average molecular weight is 552 g/mol. The summed E-state index contributed by atoms with van der Waals surface area (Å²) in [6.07, 6.45) is 3.98. The number of benzene rings is 1. The van der Waals surface area contributed by atoms with Crippen molar-refractivity contribution in [3.63, 3.8) is 0 Å². The number of halogens is 1. The molecule has 10 heteroatoms. The lowest BCUT2D eigenvalue weighted by atomic mass is 9.53. The fourth-order valence-electron chi connectivity index (χ4n) is 6.79. The highest BCUT2D eigenvalue weighted by Gasteiger charge is 2.54. The molecule has 6 unspecified atom stereocenters. The number of likely N-dealkylation sites (tertiary alicyclic amines) is 1. The van der Waals surface area contributed by atoms with Crippen LogP contribution in [-0.2, 0) is 21.2 Å². The number of nitrogens with zero attached hydrogens (tertiary/aromatic N) is 2. The molecule has 2 N–H and O–H groups in total. The summed E-state index contributed by atoms with van der Waals surface area (Å²) < 4.78 is 28.4. The fourth-order valence-corrected chi connectivity index (χ4v) is 9.41. The van der Waals surface area contributed by atoms with Gasteiger partial charge >= 0.3 is 0 Å². The molecule has 7 nitrogen and oxygen atoms in total. The number of aromatic nitrogens is 1. The van der Waals surface area contributed by atoms with E-state index in [0.717, 1.165) is 55.8 Å². The van der Waals surface area contributed by atoms with Crippen molar-refractivity contribution in [3.8, 4) is 0 Å². The minimum Gasteiger partial charge on any atom is -0.392 e. The Kier molecular flexibility index (Phi) is 6.89. The summed E-state index contributed by atoms with van der Waals surface area (Å²) in [4.78, 5) is 21.0. The number of carbonyl (C=O) groups excluding carboxylic acids is 1. The number of nitrogens with one attached hydrogen (secondary N) is 1. The Morgan fingerprint density at radius 3 is 2.61 bits per heavy atom. The maximum atomic E-state index is 13.1. The van der Waals surface area contributed by atoms with Crippen LogP contribution in [0.4, 0.5) is 5.13 Å².